The number of fused-ring (bicyclic) bond motifs is 1. The van der Waals surface area contributed by atoms with Crippen LogP contribution >= 0.6 is 38.9 Å². The standard InChI is InChI=1S/C14H13BrClNO2S/c1-17-13(12-7-9(15)14(16)20-12)8-2-3-10-11(6-8)19-5-4-18-10/h2-3,6-7,13,17H,4-5H2,1H3. The van der Waals surface area contributed by atoms with Crippen LogP contribution in [0.4, 0.5) is 0 Å². The highest BCUT2D eigenvalue weighted by atomic mass is 79.9. The van der Waals surface area contributed by atoms with Crippen molar-refractivity contribution in [3.05, 3.63) is 43.5 Å². The second-order valence-corrected chi connectivity index (χ2v) is 6.94. The zero-order valence-corrected chi connectivity index (χ0v) is 13.9. The van der Waals surface area contributed by atoms with Crippen molar-refractivity contribution in [1.29, 1.82) is 0 Å². The Bertz CT molecular complexity index is 612. The summed E-state index contributed by atoms with van der Waals surface area (Å²) in [6.45, 7) is 1.20. The highest BCUT2D eigenvalue weighted by Gasteiger charge is 2.19. The van der Waals surface area contributed by atoms with E-state index in [1.54, 1.807) is 11.3 Å². The number of nitrogens with one attached hydrogen (secondary N) is 1. The minimum absolute atomic E-state index is 0.0830. The van der Waals surface area contributed by atoms with Crippen LogP contribution in [0, 0.1) is 0 Å². The van der Waals surface area contributed by atoms with Gasteiger partial charge in [-0.05, 0) is 46.7 Å². The number of hydrogen-bond acceptors (Lipinski definition) is 4. The Morgan fingerprint density at radius 2 is 2.00 bits per heavy atom. The molecular formula is C14H13BrClNO2S. The highest BCUT2D eigenvalue weighted by molar-refractivity contribution is 9.10. The number of thiophene rings is 1. The SMILES string of the molecule is CNC(c1ccc2c(c1)OCCO2)c1cc(Br)c(Cl)s1. The smallest absolute Gasteiger partial charge is 0.161 e. The van der Waals surface area contributed by atoms with Gasteiger partial charge in [-0.1, -0.05) is 17.7 Å². The Morgan fingerprint density at radius 1 is 1.25 bits per heavy atom. The van der Waals surface area contributed by atoms with Gasteiger partial charge in [0, 0.05) is 9.35 Å². The molecule has 0 saturated heterocycles. The summed E-state index contributed by atoms with van der Waals surface area (Å²) >= 11 is 11.1. The molecule has 0 fully saturated rings. The lowest BCUT2D eigenvalue weighted by molar-refractivity contribution is 0.171. The van der Waals surface area contributed by atoms with Gasteiger partial charge in [-0.3, -0.25) is 0 Å². The maximum Gasteiger partial charge on any atom is 0.161 e. The van der Waals surface area contributed by atoms with Crippen LogP contribution < -0.4 is 14.8 Å². The van der Waals surface area contributed by atoms with E-state index in [-0.39, 0.29) is 6.04 Å². The van der Waals surface area contributed by atoms with Crippen LogP contribution in [-0.4, -0.2) is 20.3 Å². The van der Waals surface area contributed by atoms with E-state index in [4.69, 9.17) is 21.1 Å². The molecule has 1 N–H and O–H groups in total. The summed E-state index contributed by atoms with van der Waals surface area (Å²) in [5.41, 5.74) is 1.13. The summed E-state index contributed by atoms with van der Waals surface area (Å²) in [4.78, 5) is 1.15. The first-order valence-electron chi connectivity index (χ1n) is 6.20. The molecule has 1 aromatic carbocycles. The summed E-state index contributed by atoms with van der Waals surface area (Å²) in [6, 6.07) is 8.16. The average molecular weight is 375 g/mol. The van der Waals surface area contributed by atoms with Crippen molar-refractivity contribution in [2.24, 2.45) is 0 Å². The number of ether oxygens (including phenoxy) is 2. The molecule has 106 valence electrons. The van der Waals surface area contributed by atoms with Gasteiger partial charge in [0.15, 0.2) is 11.5 Å². The molecule has 1 unspecified atom stereocenters. The number of rotatable bonds is 3. The molecule has 0 saturated carbocycles. The van der Waals surface area contributed by atoms with Crippen LogP contribution in [0.15, 0.2) is 28.7 Å². The van der Waals surface area contributed by atoms with Gasteiger partial charge in [-0.2, -0.15) is 0 Å². The van der Waals surface area contributed by atoms with Crippen LogP contribution in [-0.2, 0) is 0 Å². The number of halogens is 2. The van der Waals surface area contributed by atoms with Crippen molar-refractivity contribution >= 4 is 38.9 Å². The maximum absolute atomic E-state index is 6.13. The highest BCUT2D eigenvalue weighted by Crippen LogP contribution is 2.39. The first kappa shape index (κ1) is 14.2. The Labute approximate surface area is 135 Å². The van der Waals surface area contributed by atoms with Crippen molar-refractivity contribution in [3.8, 4) is 11.5 Å². The molecule has 0 aliphatic carbocycles. The number of benzene rings is 1. The predicted molar refractivity (Wildman–Crippen MR) is 85.4 cm³/mol. The Balaban J connectivity index is 1.96. The molecule has 1 aromatic heterocycles. The van der Waals surface area contributed by atoms with Crippen LogP contribution in [0.5, 0.6) is 11.5 Å². The fourth-order valence-electron chi connectivity index (χ4n) is 2.22. The second-order valence-electron chi connectivity index (χ2n) is 4.40. The first-order valence-corrected chi connectivity index (χ1v) is 8.19. The molecule has 1 atom stereocenters. The molecule has 2 aromatic rings. The van der Waals surface area contributed by atoms with Crippen molar-refractivity contribution in [2.45, 2.75) is 6.04 Å². The van der Waals surface area contributed by atoms with E-state index in [2.05, 4.69) is 27.3 Å². The van der Waals surface area contributed by atoms with Gasteiger partial charge < -0.3 is 14.8 Å². The topological polar surface area (TPSA) is 30.5 Å². The average Bonchev–Trinajstić information content (AvgIpc) is 2.79. The molecule has 6 heteroatoms. The van der Waals surface area contributed by atoms with Crippen LogP contribution in [0.25, 0.3) is 0 Å². The summed E-state index contributed by atoms with van der Waals surface area (Å²) in [5, 5.41) is 3.32. The normalized spacial score (nSPS) is 15.2. The van der Waals surface area contributed by atoms with Gasteiger partial charge in [0.05, 0.1) is 6.04 Å². The van der Waals surface area contributed by atoms with Crippen molar-refractivity contribution < 1.29 is 9.47 Å². The predicted octanol–water partition coefficient (Wildman–Crippen LogP) is 4.24. The minimum Gasteiger partial charge on any atom is -0.486 e. The largest absolute Gasteiger partial charge is 0.486 e. The third kappa shape index (κ3) is 2.68. The zero-order chi connectivity index (χ0) is 14.1. The molecule has 0 spiro atoms. The summed E-state index contributed by atoms with van der Waals surface area (Å²) in [6.07, 6.45) is 0. The van der Waals surface area contributed by atoms with E-state index in [0.717, 1.165) is 30.7 Å². The molecule has 0 bridgehead atoms. The summed E-state index contributed by atoms with van der Waals surface area (Å²) in [5.74, 6) is 1.61. The Kier molecular flexibility index (Phi) is 4.21. The lowest BCUT2D eigenvalue weighted by atomic mass is 10.0. The van der Waals surface area contributed by atoms with Gasteiger partial charge in [-0.25, -0.2) is 0 Å². The van der Waals surface area contributed by atoms with Gasteiger partial charge in [0.1, 0.15) is 17.6 Å². The van der Waals surface area contributed by atoms with Crippen LogP contribution in [0.3, 0.4) is 0 Å². The van der Waals surface area contributed by atoms with E-state index >= 15 is 0 Å². The molecule has 0 radical (unpaired) electrons. The molecular weight excluding hydrogens is 362 g/mol. The van der Waals surface area contributed by atoms with Gasteiger partial charge in [0.2, 0.25) is 0 Å². The molecule has 2 heterocycles. The molecule has 0 amide bonds. The lowest BCUT2D eigenvalue weighted by Gasteiger charge is -2.21. The van der Waals surface area contributed by atoms with E-state index in [1.807, 2.05) is 25.2 Å². The Morgan fingerprint density at radius 3 is 2.65 bits per heavy atom. The molecule has 1 aliphatic rings. The maximum atomic E-state index is 6.13. The monoisotopic (exact) mass is 373 g/mol. The summed E-state index contributed by atoms with van der Waals surface area (Å²) < 4.78 is 12.9. The van der Waals surface area contributed by atoms with Crippen molar-refractivity contribution in [3.63, 3.8) is 0 Å². The molecule has 1 aliphatic heterocycles. The third-order valence-electron chi connectivity index (χ3n) is 3.14. The van der Waals surface area contributed by atoms with E-state index in [0.29, 0.717) is 13.2 Å². The first-order chi connectivity index (χ1) is 9.69. The van der Waals surface area contributed by atoms with E-state index in [1.165, 1.54) is 0 Å². The van der Waals surface area contributed by atoms with Crippen LogP contribution in [0.2, 0.25) is 4.34 Å². The Hall–Kier alpha value is -0.750. The van der Waals surface area contributed by atoms with E-state index in [9.17, 15) is 0 Å². The second kappa shape index (κ2) is 5.93. The number of hydrogen-bond donors (Lipinski definition) is 1. The van der Waals surface area contributed by atoms with Crippen molar-refractivity contribution in [2.75, 3.05) is 20.3 Å². The lowest BCUT2D eigenvalue weighted by Crippen LogP contribution is -2.18. The molecule has 3 rings (SSSR count). The molecule has 20 heavy (non-hydrogen) atoms. The fraction of sp³-hybridized carbons (Fsp3) is 0.286. The van der Waals surface area contributed by atoms with Crippen molar-refractivity contribution in [1.82, 2.24) is 5.32 Å². The van der Waals surface area contributed by atoms with Crippen LogP contribution in [0.1, 0.15) is 16.5 Å². The fourth-order valence-corrected chi connectivity index (χ4v) is 4.09. The summed E-state index contributed by atoms with van der Waals surface area (Å²) in [7, 11) is 1.93. The molecule has 3 nitrogen and oxygen atoms in total. The quantitative estimate of drug-likeness (QED) is 0.871. The third-order valence-corrected chi connectivity index (χ3v) is 5.68. The minimum atomic E-state index is 0.0830. The van der Waals surface area contributed by atoms with E-state index < -0.39 is 0 Å². The van der Waals surface area contributed by atoms with Gasteiger partial charge in [0.25, 0.3) is 0 Å². The zero-order valence-electron chi connectivity index (χ0n) is 10.8. The van der Waals surface area contributed by atoms with Gasteiger partial charge in [-0.15, -0.1) is 11.3 Å². The van der Waals surface area contributed by atoms with Gasteiger partial charge >= 0.3 is 0 Å².